The van der Waals surface area contributed by atoms with Crippen molar-refractivity contribution in [2.75, 3.05) is 14.2 Å². The minimum Gasteiger partial charge on any atom is -0.507 e. The molecule has 3 aromatic rings. The summed E-state index contributed by atoms with van der Waals surface area (Å²) in [5, 5.41) is 13.1. The SMILES string of the molecule is COc1ccc(/C(O)=C2/C(=O)C(=O)N(Cc3ccccc3OC)C2c2cccs2)cc1C. The van der Waals surface area contributed by atoms with Gasteiger partial charge in [0, 0.05) is 16.0 Å². The number of methoxy groups -OCH3 is 2. The van der Waals surface area contributed by atoms with Gasteiger partial charge in [-0.05, 0) is 48.2 Å². The number of likely N-dealkylation sites (tertiary alicyclic amines) is 1. The predicted octanol–water partition coefficient (Wildman–Crippen LogP) is 4.70. The Morgan fingerprint density at radius 2 is 1.78 bits per heavy atom. The van der Waals surface area contributed by atoms with Crippen LogP contribution in [0.4, 0.5) is 0 Å². The molecule has 1 saturated heterocycles. The average molecular weight is 450 g/mol. The van der Waals surface area contributed by atoms with Crippen LogP contribution in [-0.2, 0) is 16.1 Å². The molecule has 1 N–H and O–H groups in total. The summed E-state index contributed by atoms with van der Waals surface area (Å²) in [6.45, 7) is 2.03. The van der Waals surface area contributed by atoms with Crippen molar-refractivity contribution in [2.45, 2.75) is 19.5 Å². The number of ketones is 1. The van der Waals surface area contributed by atoms with Crippen molar-refractivity contribution in [3.63, 3.8) is 0 Å². The van der Waals surface area contributed by atoms with E-state index >= 15 is 0 Å². The minimum absolute atomic E-state index is 0.0805. The number of carbonyl (C=O) groups is 2. The van der Waals surface area contributed by atoms with Crippen molar-refractivity contribution in [1.82, 2.24) is 4.90 Å². The van der Waals surface area contributed by atoms with Crippen LogP contribution in [0.15, 0.2) is 65.6 Å². The van der Waals surface area contributed by atoms with Gasteiger partial charge in [0.05, 0.1) is 32.4 Å². The molecule has 0 spiro atoms. The first-order valence-corrected chi connectivity index (χ1v) is 10.9. The highest BCUT2D eigenvalue weighted by molar-refractivity contribution is 7.10. The van der Waals surface area contributed by atoms with E-state index in [1.54, 1.807) is 32.4 Å². The van der Waals surface area contributed by atoms with Crippen LogP contribution in [-0.4, -0.2) is 35.9 Å². The number of aliphatic hydroxyl groups excluding tert-OH is 1. The van der Waals surface area contributed by atoms with E-state index in [4.69, 9.17) is 9.47 Å². The second-order valence-corrected chi connectivity index (χ2v) is 8.42. The normalized spacial score (nSPS) is 17.6. The van der Waals surface area contributed by atoms with Crippen molar-refractivity contribution in [3.05, 3.63) is 87.1 Å². The molecule has 2 heterocycles. The number of hydrogen-bond acceptors (Lipinski definition) is 6. The second kappa shape index (κ2) is 8.88. The Kier molecular flexibility index (Phi) is 6.01. The van der Waals surface area contributed by atoms with E-state index < -0.39 is 17.7 Å². The highest BCUT2D eigenvalue weighted by atomic mass is 32.1. The number of para-hydroxylation sites is 1. The molecule has 1 aromatic heterocycles. The van der Waals surface area contributed by atoms with E-state index in [-0.39, 0.29) is 17.9 Å². The van der Waals surface area contributed by atoms with Crippen molar-refractivity contribution >= 4 is 28.8 Å². The molecule has 1 atom stereocenters. The van der Waals surface area contributed by atoms with Crippen LogP contribution in [0.2, 0.25) is 0 Å². The maximum absolute atomic E-state index is 13.1. The molecule has 1 aliphatic heterocycles. The summed E-state index contributed by atoms with van der Waals surface area (Å²) < 4.78 is 10.7. The zero-order valence-electron chi connectivity index (χ0n) is 18.0. The van der Waals surface area contributed by atoms with Gasteiger partial charge in [0.15, 0.2) is 0 Å². The van der Waals surface area contributed by atoms with Gasteiger partial charge < -0.3 is 19.5 Å². The zero-order valence-corrected chi connectivity index (χ0v) is 18.8. The van der Waals surface area contributed by atoms with Crippen molar-refractivity contribution < 1.29 is 24.2 Å². The maximum atomic E-state index is 13.1. The highest BCUT2D eigenvalue weighted by Gasteiger charge is 2.46. The topological polar surface area (TPSA) is 76.1 Å². The van der Waals surface area contributed by atoms with Crippen LogP contribution in [0.1, 0.15) is 27.6 Å². The maximum Gasteiger partial charge on any atom is 0.295 e. The third-order valence-electron chi connectivity index (χ3n) is 5.55. The number of ether oxygens (including phenoxy) is 2. The fourth-order valence-corrected chi connectivity index (χ4v) is 4.83. The minimum atomic E-state index is -0.704. The van der Waals surface area contributed by atoms with Crippen LogP contribution >= 0.6 is 11.3 Å². The van der Waals surface area contributed by atoms with Crippen LogP contribution in [0.25, 0.3) is 5.76 Å². The van der Waals surface area contributed by atoms with Gasteiger partial charge in [-0.2, -0.15) is 0 Å². The summed E-state index contributed by atoms with van der Waals surface area (Å²) in [7, 11) is 3.14. The third-order valence-corrected chi connectivity index (χ3v) is 6.48. The molecule has 7 heteroatoms. The predicted molar refractivity (Wildman–Crippen MR) is 123 cm³/mol. The third kappa shape index (κ3) is 3.76. The average Bonchev–Trinajstić information content (AvgIpc) is 3.41. The Bertz CT molecular complexity index is 1200. The highest BCUT2D eigenvalue weighted by Crippen LogP contribution is 2.42. The molecule has 1 unspecified atom stereocenters. The lowest BCUT2D eigenvalue weighted by molar-refractivity contribution is -0.140. The summed E-state index contributed by atoms with van der Waals surface area (Å²) in [4.78, 5) is 28.5. The number of amides is 1. The molecular weight excluding hydrogens is 426 g/mol. The molecule has 1 aliphatic rings. The molecule has 0 radical (unpaired) electrons. The van der Waals surface area contributed by atoms with Gasteiger partial charge in [0.2, 0.25) is 0 Å². The fourth-order valence-electron chi connectivity index (χ4n) is 3.98. The number of aliphatic hydroxyl groups is 1. The number of aryl methyl sites for hydroxylation is 1. The van der Waals surface area contributed by atoms with E-state index in [9.17, 15) is 14.7 Å². The summed E-state index contributed by atoms with van der Waals surface area (Å²) in [6.07, 6.45) is 0. The lowest BCUT2D eigenvalue weighted by atomic mass is 9.98. The molecule has 6 nitrogen and oxygen atoms in total. The Morgan fingerprint density at radius 1 is 1.03 bits per heavy atom. The summed E-state index contributed by atoms with van der Waals surface area (Å²) in [6, 6.07) is 15.6. The number of rotatable bonds is 6. The fraction of sp³-hybridized carbons (Fsp3) is 0.200. The number of hydrogen-bond donors (Lipinski definition) is 1. The van der Waals surface area contributed by atoms with E-state index in [1.807, 2.05) is 48.7 Å². The lowest BCUT2D eigenvalue weighted by Crippen LogP contribution is -2.29. The molecule has 0 bridgehead atoms. The van der Waals surface area contributed by atoms with Crippen molar-refractivity contribution in [2.24, 2.45) is 0 Å². The number of Topliss-reactive ketones (excluding diaryl/α,β-unsaturated/α-hetero) is 1. The smallest absolute Gasteiger partial charge is 0.295 e. The largest absolute Gasteiger partial charge is 0.507 e. The summed E-state index contributed by atoms with van der Waals surface area (Å²) >= 11 is 1.43. The van der Waals surface area contributed by atoms with Crippen LogP contribution in [0.5, 0.6) is 11.5 Å². The summed E-state index contributed by atoms with van der Waals surface area (Å²) in [5.74, 6) is -0.251. The van der Waals surface area contributed by atoms with Gasteiger partial charge in [-0.15, -0.1) is 11.3 Å². The molecule has 2 aromatic carbocycles. The Balaban J connectivity index is 1.83. The van der Waals surface area contributed by atoms with Crippen molar-refractivity contribution in [1.29, 1.82) is 0 Å². The number of nitrogens with zero attached hydrogens (tertiary/aromatic N) is 1. The van der Waals surface area contributed by atoms with Gasteiger partial charge in [-0.1, -0.05) is 24.3 Å². The molecular formula is C25H23NO5S. The number of thiophene rings is 1. The molecule has 1 amide bonds. The second-order valence-electron chi connectivity index (χ2n) is 7.44. The molecule has 0 saturated carbocycles. The molecule has 4 rings (SSSR count). The van der Waals surface area contributed by atoms with Gasteiger partial charge in [0.1, 0.15) is 17.3 Å². The van der Waals surface area contributed by atoms with E-state index in [1.165, 1.54) is 16.2 Å². The summed E-state index contributed by atoms with van der Waals surface area (Å²) in [5.41, 5.74) is 2.13. The molecule has 0 aliphatic carbocycles. The standard InChI is InChI=1S/C25H23NO5S/c1-15-13-16(10-11-18(15)30-2)23(27)21-22(20-9-6-12-32-20)26(25(29)24(21)28)14-17-7-4-5-8-19(17)31-3/h4-13,22,27H,14H2,1-3H3/b23-21-. The van der Waals surface area contributed by atoms with Crippen LogP contribution in [0, 0.1) is 6.92 Å². The van der Waals surface area contributed by atoms with Crippen LogP contribution in [0.3, 0.4) is 0 Å². The van der Waals surface area contributed by atoms with E-state index in [0.717, 1.165) is 16.0 Å². The number of carbonyl (C=O) groups excluding carboxylic acids is 2. The quantitative estimate of drug-likeness (QED) is 0.336. The Hall–Kier alpha value is -3.58. The first kappa shape index (κ1) is 21.6. The first-order valence-electron chi connectivity index (χ1n) is 10.0. The van der Waals surface area contributed by atoms with E-state index in [2.05, 4.69) is 0 Å². The molecule has 32 heavy (non-hydrogen) atoms. The monoisotopic (exact) mass is 449 g/mol. The van der Waals surface area contributed by atoms with Crippen LogP contribution < -0.4 is 9.47 Å². The molecule has 1 fully saturated rings. The zero-order chi connectivity index (χ0) is 22.8. The van der Waals surface area contributed by atoms with Gasteiger partial charge in [-0.25, -0.2) is 0 Å². The Morgan fingerprint density at radius 3 is 2.44 bits per heavy atom. The first-order chi connectivity index (χ1) is 15.5. The van der Waals surface area contributed by atoms with Gasteiger partial charge >= 0.3 is 0 Å². The molecule has 164 valence electrons. The van der Waals surface area contributed by atoms with Crippen molar-refractivity contribution in [3.8, 4) is 11.5 Å². The number of benzene rings is 2. The lowest BCUT2D eigenvalue weighted by Gasteiger charge is -2.25. The Labute approximate surface area is 190 Å². The van der Waals surface area contributed by atoms with E-state index in [0.29, 0.717) is 17.1 Å². The van der Waals surface area contributed by atoms with Gasteiger partial charge in [0.25, 0.3) is 11.7 Å². The van der Waals surface area contributed by atoms with Gasteiger partial charge in [-0.3, -0.25) is 9.59 Å².